The van der Waals surface area contributed by atoms with Crippen LogP contribution < -0.4 is 0 Å². The van der Waals surface area contributed by atoms with E-state index in [1.807, 2.05) is 6.92 Å². The van der Waals surface area contributed by atoms with E-state index >= 15 is 0 Å². The van der Waals surface area contributed by atoms with E-state index in [0.29, 0.717) is 5.92 Å². The normalized spacial score (nSPS) is 44.1. The molecular formula is C6H9ClO. The van der Waals surface area contributed by atoms with Gasteiger partial charge in [0.25, 0.3) is 0 Å². The molecule has 0 N–H and O–H groups in total. The van der Waals surface area contributed by atoms with E-state index in [0.717, 1.165) is 0 Å². The largest absolute Gasteiger partial charge is 0.300 e. The first-order valence-electron chi connectivity index (χ1n) is 2.79. The minimum absolute atomic E-state index is 0.132. The molecule has 0 aromatic heterocycles. The van der Waals surface area contributed by atoms with Crippen molar-refractivity contribution in [1.29, 1.82) is 0 Å². The lowest BCUT2D eigenvalue weighted by molar-refractivity contribution is -0.118. The zero-order valence-electron chi connectivity index (χ0n) is 5.02. The van der Waals surface area contributed by atoms with Crippen LogP contribution in [-0.4, -0.2) is 11.2 Å². The van der Waals surface area contributed by atoms with Gasteiger partial charge in [0.15, 0.2) is 0 Å². The van der Waals surface area contributed by atoms with Crippen LogP contribution in [-0.2, 0) is 4.79 Å². The maximum Gasteiger partial charge on any atom is 0.134 e. The van der Waals surface area contributed by atoms with Crippen LogP contribution in [0.25, 0.3) is 0 Å². The summed E-state index contributed by atoms with van der Waals surface area (Å²) in [6.45, 7) is 3.60. The summed E-state index contributed by atoms with van der Waals surface area (Å²) in [6.07, 6.45) is 0. The minimum Gasteiger partial charge on any atom is -0.300 e. The average Bonchev–Trinajstić information content (AvgIpc) is 2.15. The summed E-state index contributed by atoms with van der Waals surface area (Å²) in [6, 6.07) is 0. The van der Waals surface area contributed by atoms with Gasteiger partial charge < -0.3 is 0 Å². The van der Waals surface area contributed by atoms with Gasteiger partial charge in [0.1, 0.15) is 5.78 Å². The number of ketones is 1. The fourth-order valence-corrected chi connectivity index (χ4v) is 1.49. The molecule has 0 saturated heterocycles. The lowest BCUT2D eigenvalue weighted by Gasteiger charge is -1.80. The monoisotopic (exact) mass is 132 g/mol. The quantitative estimate of drug-likeness (QED) is 0.494. The first kappa shape index (κ1) is 6.09. The van der Waals surface area contributed by atoms with E-state index in [1.165, 1.54) is 0 Å². The maximum absolute atomic E-state index is 10.5. The number of alkyl halides is 1. The van der Waals surface area contributed by atoms with Gasteiger partial charge >= 0.3 is 0 Å². The van der Waals surface area contributed by atoms with Crippen LogP contribution in [0.4, 0.5) is 0 Å². The Bertz CT molecular complexity index is 114. The minimum atomic E-state index is 0.132. The molecule has 1 saturated carbocycles. The summed E-state index contributed by atoms with van der Waals surface area (Å²) in [7, 11) is 0. The Morgan fingerprint density at radius 1 is 1.62 bits per heavy atom. The van der Waals surface area contributed by atoms with Crippen molar-refractivity contribution < 1.29 is 4.79 Å². The van der Waals surface area contributed by atoms with Crippen molar-refractivity contribution in [3.63, 3.8) is 0 Å². The predicted molar refractivity (Wildman–Crippen MR) is 33.0 cm³/mol. The summed E-state index contributed by atoms with van der Waals surface area (Å²) in [5.41, 5.74) is 0. The summed E-state index contributed by atoms with van der Waals surface area (Å²) in [5.74, 6) is 0.823. The smallest absolute Gasteiger partial charge is 0.134 e. The van der Waals surface area contributed by atoms with E-state index < -0.39 is 0 Å². The molecule has 0 bridgehead atoms. The fourth-order valence-electron chi connectivity index (χ4n) is 1.01. The van der Waals surface area contributed by atoms with Crippen LogP contribution in [0.2, 0.25) is 0 Å². The van der Waals surface area contributed by atoms with Crippen molar-refractivity contribution in [3.05, 3.63) is 0 Å². The Morgan fingerprint density at radius 2 is 2.00 bits per heavy atom. The highest BCUT2D eigenvalue weighted by Gasteiger charge is 2.48. The fraction of sp³-hybridized carbons (Fsp3) is 0.833. The highest BCUT2D eigenvalue weighted by molar-refractivity contribution is 6.25. The lowest BCUT2D eigenvalue weighted by atomic mass is 10.2. The standard InChI is InChI=1S/C6H9ClO/c1-3-5(4(2)8)6(3)7/h3,5-6H,1-2H3/t3-,5+,6-/m1/s1. The Labute approximate surface area is 54.0 Å². The van der Waals surface area contributed by atoms with Crippen LogP contribution in [0.3, 0.4) is 0 Å². The topological polar surface area (TPSA) is 17.1 Å². The first-order chi connectivity index (χ1) is 3.64. The third kappa shape index (κ3) is 0.752. The van der Waals surface area contributed by atoms with Gasteiger partial charge in [-0.3, -0.25) is 4.79 Å². The molecule has 1 nitrogen and oxygen atoms in total. The van der Waals surface area contributed by atoms with Crippen molar-refractivity contribution in [3.8, 4) is 0 Å². The van der Waals surface area contributed by atoms with Crippen LogP contribution in [0.1, 0.15) is 13.8 Å². The Hall–Kier alpha value is -0.0400. The first-order valence-corrected chi connectivity index (χ1v) is 3.22. The molecule has 1 aliphatic rings. The number of halogens is 1. The van der Waals surface area contributed by atoms with Crippen LogP contribution >= 0.6 is 11.6 Å². The van der Waals surface area contributed by atoms with Crippen LogP contribution in [0.15, 0.2) is 0 Å². The van der Waals surface area contributed by atoms with Gasteiger partial charge in [-0.1, -0.05) is 6.92 Å². The van der Waals surface area contributed by atoms with Gasteiger partial charge in [-0.05, 0) is 12.8 Å². The number of carbonyl (C=O) groups excluding carboxylic acids is 1. The van der Waals surface area contributed by atoms with Crippen LogP contribution in [0.5, 0.6) is 0 Å². The van der Waals surface area contributed by atoms with E-state index in [4.69, 9.17) is 11.6 Å². The lowest BCUT2D eigenvalue weighted by Crippen LogP contribution is -1.94. The van der Waals surface area contributed by atoms with E-state index in [-0.39, 0.29) is 17.1 Å². The molecule has 0 aromatic carbocycles. The number of carbonyl (C=O) groups is 1. The maximum atomic E-state index is 10.5. The molecule has 2 heteroatoms. The predicted octanol–water partition coefficient (Wildman–Crippen LogP) is 1.45. The van der Waals surface area contributed by atoms with Gasteiger partial charge in [-0.2, -0.15) is 0 Å². The zero-order valence-corrected chi connectivity index (χ0v) is 5.77. The molecule has 1 aliphatic carbocycles. The molecule has 0 radical (unpaired) electrons. The summed E-state index contributed by atoms with van der Waals surface area (Å²) in [4.78, 5) is 10.5. The second-order valence-corrected chi connectivity index (χ2v) is 2.94. The third-order valence-electron chi connectivity index (χ3n) is 1.74. The average molecular weight is 133 g/mol. The summed E-state index contributed by atoms with van der Waals surface area (Å²) >= 11 is 5.68. The van der Waals surface area contributed by atoms with E-state index in [1.54, 1.807) is 6.92 Å². The van der Waals surface area contributed by atoms with E-state index in [9.17, 15) is 4.79 Å². The molecule has 0 heterocycles. The highest BCUT2D eigenvalue weighted by Crippen LogP contribution is 2.43. The van der Waals surface area contributed by atoms with Gasteiger partial charge in [-0.15, -0.1) is 11.6 Å². The second-order valence-electron chi connectivity index (χ2n) is 2.44. The van der Waals surface area contributed by atoms with Crippen molar-refractivity contribution >= 4 is 17.4 Å². The summed E-state index contributed by atoms with van der Waals surface area (Å²) < 4.78 is 0. The molecule has 0 unspecified atom stereocenters. The molecule has 0 spiro atoms. The van der Waals surface area contributed by atoms with Gasteiger partial charge in [0.05, 0.1) is 0 Å². The molecule has 3 atom stereocenters. The Balaban J connectivity index is 2.44. The molecular weight excluding hydrogens is 124 g/mol. The van der Waals surface area contributed by atoms with Gasteiger partial charge in [0.2, 0.25) is 0 Å². The Kier molecular flexibility index (Phi) is 1.31. The SMILES string of the molecule is CC(=O)[C@@H]1[C@@H](C)[C@H]1Cl. The van der Waals surface area contributed by atoms with Crippen molar-refractivity contribution in [2.24, 2.45) is 11.8 Å². The highest BCUT2D eigenvalue weighted by atomic mass is 35.5. The van der Waals surface area contributed by atoms with Gasteiger partial charge in [0, 0.05) is 11.3 Å². The molecule has 0 amide bonds. The molecule has 46 valence electrons. The number of Topliss-reactive ketones (excluding diaryl/α,β-unsaturated/α-hetero) is 1. The summed E-state index contributed by atoms with van der Waals surface area (Å²) in [5, 5.41) is 0.132. The number of hydrogen-bond donors (Lipinski definition) is 0. The van der Waals surface area contributed by atoms with Gasteiger partial charge in [-0.25, -0.2) is 0 Å². The van der Waals surface area contributed by atoms with Crippen molar-refractivity contribution in [1.82, 2.24) is 0 Å². The molecule has 1 fully saturated rings. The zero-order chi connectivity index (χ0) is 6.31. The Morgan fingerprint density at radius 3 is 2.00 bits per heavy atom. The van der Waals surface area contributed by atoms with Crippen molar-refractivity contribution in [2.45, 2.75) is 19.2 Å². The van der Waals surface area contributed by atoms with E-state index in [2.05, 4.69) is 0 Å². The molecule has 0 aromatic rings. The molecule has 8 heavy (non-hydrogen) atoms. The second kappa shape index (κ2) is 1.73. The van der Waals surface area contributed by atoms with Crippen LogP contribution in [0, 0.1) is 11.8 Å². The number of rotatable bonds is 1. The molecule has 0 aliphatic heterocycles. The third-order valence-corrected chi connectivity index (χ3v) is 2.41. The number of hydrogen-bond acceptors (Lipinski definition) is 1. The van der Waals surface area contributed by atoms with Crippen molar-refractivity contribution in [2.75, 3.05) is 0 Å². The molecule has 1 rings (SSSR count).